The number of hydrogen-bond acceptors (Lipinski definition) is 5. The van der Waals surface area contributed by atoms with Gasteiger partial charge in [0.1, 0.15) is 5.82 Å². The number of rotatable bonds is 4. The fourth-order valence-corrected chi connectivity index (χ4v) is 4.54. The van der Waals surface area contributed by atoms with E-state index in [9.17, 15) is 14.0 Å². The van der Waals surface area contributed by atoms with E-state index in [1.807, 2.05) is 30.3 Å². The summed E-state index contributed by atoms with van der Waals surface area (Å²) in [5.41, 5.74) is 1.94. The van der Waals surface area contributed by atoms with Crippen LogP contribution in [0.4, 0.5) is 4.39 Å². The van der Waals surface area contributed by atoms with Crippen LogP contribution < -0.4 is 14.9 Å². The normalized spacial score (nSPS) is 16.2. The van der Waals surface area contributed by atoms with Crippen molar-refractivity contribution in [3.8, 4) is 0 Å². The lowest BCUT2D eigenvalue weighted by Gasteiger charge is -2.24. The third-order valence-corrected chi connectivity index (χ3v) is 5.76. The highest BCUT2D eigenvalue weighted by molar-refractivity contribution is 7.07. The number of aromatic nitrogens is 1. The minimum Gasteiger partial charge on any atom is -0.463 e. The van der Waals surface area contributed by atoms with Crippen LogP contribution in [0.15, 0.2) is 75.7 Å². The molecule has 0 fully saturated rings. The number of benzene rings is 2. The van der Waals surface area contributed by atoms with Gasteiger partial charge in [0.2, 0.25) is 0 Å². The summed E-state index contributed by atoms with van der Waals surface area (Å²) >= 11 is 1.21. The van der Waals surface area contributed by atoms with Crippen molar-refractivity contribution >= 4 is 23.4 Å². The molecule has 0 saturated carbocycles. The minimum atomic E-state index is -0.642. The molecule has 1 atom stereocenters. The van der Waals surface area contributed by atoms with E-state index in [2.05, 4.69) is 4.99 Å². The zero-order valence-electron chi connectivity index (χ0n) is 16.5. The van der Waals surface area contributed by atoms with Crippen LogP contribution in [-0.2, 0) is 9.53 Å². The number of hydrogen-bond donors (Lipinski definition) is 0. The Morgan fingerprint density at radius 2 is 2.00 bits per heavy atom. The SMILES string of the molecule is CCOC(=O)C1=C(C)N=c2s/c(=C/c3cccc(F)c3)c(=O)n2[C@H]1c1ccccc1. The third kappa shape index (κ3) is 3.64. The molecule has 0 spiro atoms. The van der Waals surface area contributed by atoms with Crippen LogP contribution in [0.25, 0.3) is 6.08 Å². The third-order valence-electron chi connectivity index (χ3n) is 4.78. The summed E-state index contributed by atoms with van der Waals surface area (Å²) in [6.07, 6.45) is 1.64. The fourth-order valence-electron chi connectivity index (χ4n) is 3.49. The number of halogens is 1. The van der Waals surface area contributed by atoms with Crippen molar-refractivity contribution in [3.05, 3.63) is 102 Å². The maximum absolute atomic E-state index is 13.6. The zero-order chi connectivity index (χ0) is 21.3. The molecule has 1 aliphatic rings. The Kier molecular flexibility index (Phi) is 5.46. The Morgan fingerprint density at radius 3 is 2.70 bits per heavy atom. The molecule has 1 aromatic heterocycles. The van der Waals surface area contributed by atoms with Gasteiger partial charge in [-0.25, -0.2) is 14.2 Å². The Labute approximate surface area is 176 Å². The zero-order valence-corrected chi connectivity index (χ0v) is 17.3. The predicted molar refractivity (Wildman–Crippen MR) is 113 cm³/mol. The highest BCUT2D eigenvalue weighted by atomic mass is 32.1. The molecule has 1 aliphatic heterocycles. The van der Waals surface area contributed by atoms with E-state index in [1.54, 1.807) is 32.1 Å². The number of carbonyl (C=O) groups is 1. The van der Waals surface area contributed by atoms with E-state index < -0.39 is 12.0 Å². The predicted octanol–water partition coefficient (Wildman–Crippen LogP) is 2.94. The van der Waals surface area contributed by atoms with Gasteiger partial charge < -0.3 is 4.74 Å². The van der Waals surface area contributed by atoms with Gasteiger partial charge in [-0.2, -0.15) is 0 Å². The highest BCUT2D eigenvalue weighted by Crippen LogP contribution is 2.30. The van der Waals surface area contributed by atoms with E-state index in [1.165, 1.54) is 28.0 Å². The van der Waals surface area contributed by atoms with Gasteiger partial charge in [0.05, 0.1) is 28.5 Å². The van der Waals surface area contributed by atoms with Crippen molar-refractivity contribution in [3.63, 3.8) is 0 Å². The van der Waals surface area contributed by atoms with Crippen LogP contribution in [0.5, 0.6) is 0 Å². The van der Waals surface area contributed by atoms with Gasteiger partial charge >= 0.3 is 5.97 Å². The second-order valence-electron chi connectivity index (χ2n) is 6.77. The molecule has 0 aliphatic carbocycles. The van der Waals surface area contributed by atoms with Gasteiger partial charge in [0, 0.05) is 0 Å². The molecule has 0 amide bonds. The Bertz CT molecular complexity index is 1320. The number of fused-ring (bicyclic) bond motifs is 1. The molecule has 30 heavy (non-hydrogen) atoms. The quantitative estimate of drug-likeness (QED) is 0.608. The first kappa shape index (κ1) is 20.0. The highest BCUT2D eigenvalue weighted by Gasteiger charge is 2.33. The van der Waals surface area contributed by atoms with E-state index in [4.69, 9.17) is 4.74 Å². The summed E-state index contributed by atoms with van der Waals surface area (Å²) in [6.45, 7) is 3.70. The Balaban J connectivity index is 1.96. The smallest absolute Gasteiger partial charge is 0.338 e. The molecule has 0 radical (unpaired) electrons. The summed E-state index contributed by atoms with van der Waals surface area (Å²) in [5, 5.41) is 0. The maximum Gasteiger partial charge on any atom is 0.338 e. The first-order chi connectivity index (χ1) is 14.5. The van der Waals surface area contributed by atoms with E-state index in [-0.39, 0.29) is 18.0 Å². The first-order valence-corrected chi connectivity index (χ1v) is 10.3. The molecule has 0 bridgehead atoms. The van der Waals surface area contributed by atoms with Crippen molar-refractivity contribution in [2.24, 2.45) is 4.99 Å². The second-order valence-corrected chi connectivity index (χ2v) is 7.78. The number of esters is 1. The van der Waals surface area contributed by atoms with Gasteiger partial charge in [-0.3, -0.25) is 9.36 Å². The molecule has 3 aromatic rings. The van der Waals surface area contributed by atoms with Crippen LogP contribution in [0.2, 0.25) is 0 Å². The van der Waals surface area contributed by atoms with Crippen LogP contribution in [0.3, 0.4) is 0 Å². The standard InChI is InChI=1S/C23H19FN2O3S/c1-3-29-22(28)19-14(2)25-23-26(20(19)16-9-5-4-6-10-16)21(27)18(30-23)13-15-8-7-11-17(24)12-15/h4-13,20H,3H2,1-2H3/b18-13+/t20-/m0/s1. The number of carbonyl (C=O) groups excluding carboxylic acids is 1. The monoisotopic (exact) mass is 422 g/mol. The molecule has 7 heteroatoms. The Hall–Kier alpha value is -3.32. The summed E-state index contributed by atoms with van der Waals surface area (Å²) < 4.78 is 20.8. The molecule has 152 valence electrons. The lowest BCUT2D eigenvalue weighted by atomic mass is 9.96. The summed E-state index contributed by atoms with van der Waals surface area (Å²) in [5.74, 6) is -0.869. The molecule has 0 saturated heterocycles. The van der Waals surface area contributed by atoms with Crippen molar-refractivity contribution in [1.82, 2.24) is 4.57 Å². The van der Waals surface area contributed by atoms with Crippen molar-refractivity contribution in [1.29, 1.82) is 0 Å². The number of allylic oxidation sites excluding steroid dienone is 1. The van der Waals surface area contributed by atoms with Crippen LogP contribution in [0, 0.1) is 5.82 Å². The van der Waals surface area contributed by atoms with Gasteiger partial charge in [0.25, 0.3) is 5.56 Å². The molecular formula is C23H19FN2O3S. The first-order valence-electron chi connectivity index (χ1n) is 9.49. The molecule has 0 N–H and O–H groups in total. The van der Waals surface area contributed by atoms with Gasteiger partial charge in [-0.15, -0.1) is 0 Å². The van der Waals surface area contributed by atoms with Crippen molar-refractivity contribution < 1.29 is 13.9 Å². The molecule has 5 nitrogen and oxygen atoms in total. The topological polar surface area (TPSA) is 60.7 Å². The average Bonchev–Trinajstić information content (AvgIpc) is 3.02. The Morgan fingerprint density at radius 1 is 1.23 bits per heavy atom. The van der Waals surface area contributed by atoms with E-state index in [0.717, 1.165) is 5.56 Å². The van der Waals surface area contributed by atoms with Gasteiger partial charge in [-0.05, 0) is 43.2 Å². The summed E-state index contributed by atoms with van der Waals surface area (Å²) in [6, 6.07) is 14.7. The van der Waals surface area contributed by atoms with Crippen molar-refractivity contribution in [2.75, 3.05) is 6.61 Å². The largest absolute Gasteiger partial charge is 0.463 e. The lowest BCUT2D eigenvalue weighted by Crippen LogP contribution is -2.39. The van der Waals surface area contributed by atoms with Crippen LogP contribution in [-0.4, -0.2) is 17.1 Å². The van der Waals surface area contributed by atoms with Gasteiger partial charge in [-0.1, -0.05) is 53.8 Å². The van der Waals surface area contributed by atoms with E-state index in [0.29, 0.717) is 26.2 Å². The molecule has 0 unspecified atom stereocenters. The van der Waals surface area contributed by atoms with E-state index >= 15 is 0 Å². The molecular weight excluding hydrogens is 403 g/mol. The number of thiazole rings is 1. The molecule has 4 rings (SSSR count). The lowest BCUT2D eigenvalue weighted by molar-refractivity contribution is -0.139. The van der Waals surface area contributed by atoms with Crippen LogP contribution in [0.1, 0.15) is 31.0 Å². The number of nitrogens with zero attached hydrogens (tertiary/aromatic N) is 2. The number of ether oxygens (including phenoxy) is 1. The van der Waals surface area contributed by atoms with Crippen molar-refractivity contribution in [2.45, 2.75) is 19.9 Å². The fraction of sp³-hybridized carbons (Fsp3) is 0.174. The minimum absolute atomic E-state index is 0.223. The summed E-state index contributed by atoms with van der Waals surface area (Å²) in [7, 11) is 0. The maximum atomic E-state index is 13.6. The second kappa shape index (κ2) is 8.20. The van der Waals surface area contributed by atoms with Gasteiger partial charge in [0.15, 0.2) is 4.80 Å². The summed E-state index contributed by atoms with van der Waals surface area (Å²) in [4.78, 5) is 31.1. The molecule has 2 heterocycles. The average molecular weight is 422 g/mol. The molecule has 2 aromatic carbocycles. The van der Waals surface area contributed by atoms with Crippen LogP contribution >= 0.6 is 11.3 Å².